The van der Waals surface area contributed by atoms with Crippen LogP contribution in [0, 0.1) is 0 Å². The Bertz CT molecular complexity index is 765. The fourth-order valence-corrected chi connectivity index (χ4v) is 3.62. The van der Waals surface area contributed by atoms with Crippen LogP contribution in [0.25, 0.3) is 0 Å². The number of amides is 1. The maximum atomic E-state index is 12.2. The van der Waals surface area contributed by atoms with Crippen LogP contribution in [0.3, 0.4) is 0 Å². The molecule has 1 aliphatic rings. The summed E-state index contributed by atoms with van der Waals surface area (Å²) in [5.41, 5.74) is 0.143. The van der Waals surface area contributed by atoms with Gasteiger partial charge in [-0.05, 0) is 25.0 Å². The van der Waals surface area contributed by atoms with Gasteiger partial charge in [-0.1, -0.05) is 0 Å². The minimum atomic E-state index is -3.88. The third-order valence-corrected chi connectivity index (χ3v) is 4.97. The molecule has 1 amide bonds. The van der Waals surface area contributed by atoms with E-state index in [0.717, 1.165) is 31.6 Å². The molecule has 3 rings (SSSR count). The van der Waals surface area contributed by atoms with Gasteiger partial charge in [-0.25, -0.2) is 9.71 Å². The predicted molar refractivity (Wildman–Crippen MR) is 75.2 cm³/mol. The van der Waals surface area contributed by atoms with Crippen LogP contribution in [-0.2, 0) is 30.0 Å². The minimum absolute atomic E-state index is 0.0415. The van der Waals surface area contributed by atoms with Gasteiger partial charge in [0.1, 0.15) is 11.5 Å². The lowest BCUT2D eigenvalue weighted by atomic mass is 10.2. The van der Waals surface area contributed by atoms with E-state index in [1.165, 1.54) is 10.6 Å². The van der Waals surface area contributed by atoms with Crippen molar-refractivity contribution in [2.75, 3.05) is 0 Å². The summed E-state index contributed by atoms with van der Waals surface area (Å²) in [5, 5.41) is 0.0415. The zero-order valence-electron chi connectivity index (χ0n) is 11.6. The molecule has 21 heavy (non-hydrogen) atoms. The molecular weight excluding hydrogens is 292 g/mol. The van der Waals surface area contributed by atoms with Crippen LogP contribution in [-0.4, -0.2) is 28.4 Å². The Morgan fingerprint density at radius 1 is 1.38 bits per heavy atom. The summed E-state index contributed by atoms with van der Waals surface area (Å²) in [6.45, 7) is 0.820. The van der Waals surface area contributed by atoms with Crippen molar-refractivity contribution >= 4 is 15.9 Å². The molecule has 0 fully saturated rings. The van der Waals surface area contributed by atoms with Crippen LogP contribution < -0.4 is 4.72 Å². The summed E-state index contributed by atoms with van der Waals surface area (Å²) in [6.07, 6.45) is 6.13. The molecule has 112 valence electrons. The summed E-state index contributed by atoms with van der Waals surface area (Å²) in [4.78, 5) is 16.3. The van der Waals surface area contributed by atoms with Gasteiger partial charge < -0.3 is 9.13 Å². The van der Waals surface area contributed by atoms with Gasteiger partial charge in [-0.15, -0.1) is 0 Å². The highest BCUT2D eigenvalue weighted by atomic mass is 32.2. The monoisotopic (exact) mass is 308 g/mol. The van der Waals surface area contributed by atoms with Crippen LogP contribution in [0.5, 0.6) is 0 Å². The van der Waals surface area contributed by atoms with Crippen molar-refractivity contribution in [1.29, 1.82) is 0 Å². The molecule has 8 heteroatoms. The number of hydrogen-bond acceptors (Lipinski definition) is 4. The normalized spacial score (nSPS) is 14.7. The summed E-state index contributed by atoms with van der Waals surface area (Å²) in [6, 6.07) is 3.04. The number of nitrogens with one attached hydrogen (secondary N) is 1. The molecule has 3 heterocycles. The Morgan fingerprint density at radius 2 is 2.19 bits per heavy atom. The molecule has 1 aliphatic heterocycles. The van der Waals surface area contributed by atoms with Crippen molar-refractivity contribution in [1.82, 2.24) is 18.8 Å². The number of hydrogen-bond donors (Lipinski definition) is 1. The average molecular weight is 308 g/mol. The second kappa shape index (κ2) is 5.03. The average Bonchev–Trinajstić information content (AvgIpc) is 3.03. The van der Waals surface area contributed by atoms with Crippen LogP contribution in [0.1, 0.15) is 29.2 Å². The Labute approximate surface area is 122 Å². The van der Waals surface area contributed by atoms with E-state index in [1.54, 1.807) is 25.5 Å². The number of rotatable bonds is 3. The molecule has 0 aromatic carbocycles. The Hall–Kier alpha value is -2.09. The van der Waals surface area contributed by atoms with Gasteiger partial charge in [-0.3, -0.25) is 4.79 Å². The van der Waals surface area contributed by atoms with Gasteiger partial charge in [0, 0.05) is 32.4 Å². The Balaban J connectivity index is 1.83. The maximum absolute atomic E-state index is 12.2. The van der Waals surface area contributed by atoms with Gasteiger partial charge >= 0.3 is 0 Å². The Morgan fingerprint density at radius 3 is 2.86 bits per heavy atom. The number of carbonyl (C=O) groups is 1. The van der Waals surface area contributed by atoms with E-state index in [4.69, 9.17) is 0 Å². The smallest absolute Gasteiger partial charge is 0.285 e. The highest BCUT2D eigenvalue weighted by Crippen LogP contribution is 2.15. The molecular formula is C13H16N4O3S. The van der Waals surface area contributed by atoms with Gasteiger partial charge in [0.25, 0.3) is 15.9 Å². The topological polar surface area (TPSA) is 86.0 Å². The van der Waals surface area contributed by atoms with E-state index in [0.29, 0.717) is 0 Å². The largest absolute Gasteiger partial charge is 0.340 e. The molecule has 0 spiro atoms. The number of sulfonamides is 1. The van der Waals surface area contributed by atoms with Gasteiger partial charge in [0.05, 0.1) is 0 Å². The fraction of sp³-hybridized carbons (Fsp3) is 0.385. The summed E-state index contributed by atoms with van der Waals surface area (Å²) in [5.74, 6) is 0.140. The first-order valence-electron chi connectivity index (χ1n) is 6.72. The van der Waals surface area contributed by atoms with E-state index in [2.05, 4.69) is 9.71 Å². The first kappa shape index (κ1) is 13.9. The van der Waals surface area contributed by atoms with E-state index in [9.17, 15) is 13.2 Å². The first-order chi connectivity index (χ1) is 9.97. The lowest BCUT2D eigenvalue weighted by Gasteiger charge is -2.11. The van der Waals surface area contributed by atoms with Gasteiger partial charge in [0.15, 0.2) is 5.03 Å². The number of imidazole rings is 1. The lowest BCUT2D eigenvalue weighted by molar-refractivity contribution is 0.0976. The number of aromatic nitrogens is 3. The van der Waals surface area contributed by atoms with Crippen molar-refractivity contribution in [3.63, 3.8) is 0 Å². The minimum Gasteiger partial charge on any atom is -0.340 e. The van der Waals surface area contributed by atoms with Crippen molar-refractivity contribution < 1.29 is 13.2 Å². The van der Waals surface area contributed by atoms with E-state index in [1.807, 2.05) is 4.57 Å². The zero-order chi connectivity index (χ0) is 15.0. The second-order valence-electron chi connectivity index (χ2n) is 5.08. The van der Waals surface area contributed by atoms with Crippen LogP contribution >= 0.6 is 0 Å². The highest BCUT2D eigenvalue weighted by molar-refractivity contribution is 7.90. The van der Waals surface area contributed by atoms with Gasteiger partial charge in [0.2, 0.25) is 0 Å². The summed E-state index contributed by atoms with van der Waals surface area (Å²) >= 11 is 0. The molecule has 0 radical (unpaired) electrons. The molecule has 1 N–H and O–H groups in total. The molecule has 0 saturated heterocycles. The summed E-state index contributed by atoms with van der Waals surface area (Å²) in [7, 11) is -2.28. The lowest BCUT2D eigenvalue weighted by Crippen LogP contribution is -2.32. The van der Waals surface area contributed by atoms with Crippen molar-refractivity contribution in [2.45, 2.75) is 30.8 Å². The van der Waals surface area contributed by atoms with Crippen LogP contribution in [0.15, 0.2) is 29.6 Å². The third kappa shape index (κ3) is 2.58. The molecule has 7 nitrogen and oxygen atoms in total. The number of aryl methyl sites for hydroxylation is 3. The molecule has 0 unspecified atom stereocenters. The quantitative estimate of drug-likeness (QED) is 0.903. The standard InChI is InChI=1S/C13H16N4O3S/c1-16-7-4-6-12(16)21(19,20)15-13(18)10-9-17-8-3-2-5-11(17)14-10/h4,6-7,9H,2-3,5,8H2,1H3,(H,15,18). The zero-order valence-corrected chi connectivity index (χ0v) is 12.4. The summed E-state index contributed by atoms with van der Waals surface area (Å²) < 4.78 is 29.7. The van der Waals surface area contributed by atoms with Crippen molar-refractivity contribution in [3.05, 3.63) is 36.0 Å². The SMILES string of the molecule is Cn1cccc1S(=O)(=O)NC(=O)c1cn2c(n1)CCCC2. The maximum Gasteiger partial charge on any atom is 0.285 e. The number of carbonyl (C=O) groups excluding carboxylic acids is 1. The fourth-order valence-electron chi connectivity index (χ4n) is 2.47. The molecule has 0 saturated carbocycles. The molecule has 2 aromatic rings. The number of nitrogens with zero attached hydrogens (tertiary/aromatic N) is 3. The molecule has 0 aliphatic carbocycles. The third-order valence-electron chi connectivity index (χ3n) is 3.54. The molecule has 0 atom stereocenters. The number of fused-ring (bicyclic) bond motifs is 1. The van der Waals surface area contributed by atoms with Crippen molar-refractivity contribution in [2.24, 2.45) is 7.05 Å². The Kier molecular flexibility index (Phi) is 3.32. The predicted octanol–water partition coefficient (Wildman–Crippen LogP) is 0.677. The van der Waals surface area contributed by atoms with E-state index < -0.39 is 15.9 Å². The van der Waals surface area contributed by atoms with Gasteiger partial charge in [-0.2, -0.15) is 8.42 Å². The van der Waals surface area contributed by atoms with Crippen molar-refractivity contribution in [3.8, 4) is 0 Å². The van der Waals surface area contributed by atoms with E-state index in [-0.39, 0.29) is 10.7 Å². The molecule has 0 bridgehead atoms. The first-order valence-corrected chi connectivity index (χ1v) is 8.20. The van der Waals surface area contributed by atoms with Crippen LogP contribution in [0.2, 0.25) is 0 Å². The second-order valence-corrected chi connectivity index (χ2v) is 6.71. The van der Waals surface area contributed by atoms with Crippen LogP contribution in [0.4, 0.5) is 0 Å². The highest BCUT2D eigenvalue weighted by Gasteiger charge is 2.23. The molecule has 2 aromatic heterocycles. The van der Waals surface area contributed by atoms with E-state index >= 15 is 0 Å².